The van der Waals surface area contributed by atoms with Gasteiger partial charge in [-0.15, -0.1) is 0 Å². The van der Waals surface area contributed by atoms with E-state index in [1.807, 2.05) is 43.3 Å². The summed E-state index contributed by atoms with van der Waals surface area (Å²) < 4.78 is 5.30. The largest absolute Gasteiger partial charge is 0.497 e. The fourth-order valence-corrected chi connectivity index (χ4v) is 3.63. The summed E-state index contributed by atoms with van der Waals surface area (Å²) in [6.45, 7) is 4.49. The molecule has 0 aliphatic carbocycles. The second-order valence-corrected chi connectivity index (χ2v) is 7.06. The normalized spacial score (nSPS) is 16.6. The Kier molecular flexibility index (Phi) is 5.96. The maximum absolute atomic E-state index is 12.7. The van der Waals surface area contributed by atoms with Crippen molar-refractivity contribution in [3.8, 4) is 5.75 Å². The quantitative estimate of drug-likeness (QED) is 0.820. The number of nitrogens with one attached hydrogen (secondary N) is 2. The van der Waals surface area contributed by atoms with Crippen LogP contribution in [0.2, 0.25) is 0 Å². The number of benzene rings is 1. The number of amides is 1. The lowest BCUT2D eigenvalue weighted by Gasteiger charge is -2.41. The molecule has 1 aliphatic rings. The maximum Gasteiger partial charge on any atom is 0.245 e. The molecule has 0 radical (unpaired) electrons. The van der Waals surface area contributed by atoms with Crippen LogP contribution in [-0.4, -0.2) is 48.6 Å². The van der Waals surface area contributed by atoms with Crippen LogP contribution in [0, 0.1) is 6.92 Å². The molecule has 27 heavy (non-hydrogen) atoms. The lowest BCUT2D eigenvalue weighted by Crippen LogP contribution is -2.57. The van der Waals surface area contributed by atoms with E-state index in [1.165, 1.54) is 0 Å². The molecular formula is C21H28N4O2. The minimum absolute atomic E-state index is 0.0265. The Morgan fingerprint density at radius 1 is 1.22 bits per heavy atom. The molecule has 1 aromatic heterocycles. The topological polar surface area (TPSA) is 66.5 Å². The summed E-state index contributed by atoms with van der Waals surface area (Å²) >= 11 is 0. The van der Waals surface area contributed by atoms with Crippen LogP contribution in [0.25, 0.3) is 0 Å². The monoisotopic (exact) mass is 368 g/mol. The highest BCUT2D eigenvalue weighted by Gasteiger charge is 2.41. The SMILES string of the molecule is CNC(=O)C1(Nc2cccc(OC)c2)CCN(Cc2cccc(C)n2)CC1. The van der Waals surface area contributed by atoms with Gasteiger partial charge in [0.05, 0.1) is 12.8 Å². The lowest BCUT2D eigenvalue weighted by atomic mass is 9.86. The van der Waals surface area contributed by atoms with Crippen molar-refractivity contribution in [2.75, 3.05) is 32.6 Å². The zero-order valence-corrected chi connectivity index (χ0v) is 16.3. The predicted molar refractivity (Wildman–Crippen MR) is 107 cm³/mol. The summed E-state index contributed by atoms with van der Waals surface area (Å²) in [7, 11) is 3.34. The Bertz CT molecular complexity index is 785. The summed E-state index contributed by atoms with van der Waals surface area (Å²) in [4.78, 5) is 19.7. The van der Waals surface area contributed by atoms with Gasteiger partial charge in [0.2, 0.25) is 5.91 Å². The third kappa shape index (κ3) is 4.57. The van der Waals surface area contributed by atoms with Crippen molar-refractivity contribution >= 4 is 11.6 Å². The molecule has 0 spiro atoms. The molecule has 1 saturated heterocycles. The molecule has 2 N–H and O–H groups in total. The lowest BCUT2D eigenvalue weighted by molar-refractivity contribution is -0.126. The summed E-state index contributed by atoms with van der Waals surface area (Å²) in [6.07, 6.45) is 1.46. The fraction of sp³-hybridized carbons (Fsp3) is 0.429. The van der Waals surface area contributed by atoms with Crippen LogP contribution in [-0.2, 0) is 11.3 Å². The van der Waals surface area contributed by atoms with Crippen molar-refractivity contribution in [1.29, 1.82) is 0 Å². The minimum Gasteiger partial charge on any atom is -0.497 e. The molecule has 144 valence electrons. The molecule has 1 aromatic carbocycles. The molecule has 6 heteroatoms. The summed E-state index contributed by atoms with van der Waals surface area (Å²) in [5.74, 6) is 0.800. The number of ether oxygens (including phenoxy) is 1. The van der Waals surface area contributed by atoms with Gasteiger partial charge in [-0.1, -0.05) is 12.1 Å². The van der Waals surface area contributed by atoms with Crippen LogP contribution in [0.3, 0.4) is 0 Å². The molecule has 3 rings (SSSR count). The zero-order valence-electron chi connectivity index (χ0n) is 16.3. The summed E-state index contributed by atoms with van der Waals surface area (Å²) in [5.41, 5.74) is 2.39. The molecule has 0 unspecified atom stereocenters. The van der Waals surface area contributed by atoms with Gasteiger partial charge in [-0.05, 0) is 44.0 Å². The Balaban J connectivity index is 1.70. The number of piperidine rings is 1. The van der Waals surface area contributed by atoms with Gasteiger partial charge in [-0.25, -0.2) is 0 Å². The first-order valence-corrected chi connectivity index (χ1v) is 9.34. The van der Waals surface area contributed by atoms with Crippen LogP contribution < -0.4 is 15.4 Å². The molecule has 1 amide bonds. The van der Waals surface area contributed by atoms with Gasteiger partial charge in [0.25, 0.3) is 0 Å². The number of methoxy groups -OCH3 is 1. The van der Waals surface area contributed by atoms with Gasteiger partial charge in [-0.2, -0.15) is 0 Å². The Labute approximate surface area is 160 Å². The number of hydrogen-bond donors (Lipinski definition) is 2. The van der Waals surface area contributed by atoms with E-state index in [0.717, 1.165) is 55.3 Å². The average molecular weight is 368 g/mol. The van der Waals surface area contributed by atoms with Gasteiger partial charge in [-0.3, -0.25) is 14.7 Å². The molecule has 1 aliphatic heterocycles. The zero-order chi connectivity index (χ0) is 19.3. The van der Waals surface area contributed by atoms with Gasteiger partial charge >= 0.3 is 0 Å². The van der Waals surface area contributed by atoms with E-state index < -0.39 is 5.54 Å². The minimum atomic E-state index is -0.613. The maximum atomic E-state index is 12.7. The first kappa shape index (κ1) is 19.2. The van der Waals surface area contributed by atoms with Crippen molar-refractivity contribution in [1.82, 2.24) is 15.2 Å². The number of rotatable bonds is 6. The number of likely N-dealkylation sites (N-methyl/N-ethyl adjacent to an activating group) is 1. The third-order valence-corrected chi connectivity index (χ3v) is 5.16. The number of carbonyl (C=O) groups is 1. The van der Waals surface area contributed by atoms with E-state index in [9.17, 15) is 4.79 Å². The van der Waals surface area contributed by atoms with Crippen molar-refractivity contribution in [2.45, 2.75) is 31.8 Å². The van der Waals surface area contributed by atoms with Crippen molar-refractivity contribution in [2.24, 2.45) is 0 Å². The standard InChI is InChI=1S/C21H28N4O2/c1-16-6-4-8-18(23-16)15-25-12-10-21(11-13-25,20(26)22-2)24-17-7-5-9-19(14-17)27-3/h4-9,14,24H,10-13,15H2,1-3H3,(H,22,26). The predicted octanol–water partition coefficient (Wildman–Crippen LogP) is 2.59. The van der Waals surface area contributed by atoms with Gasteiger partial charge < -0.3 is 15.4 Å². The fourth-order valence-electron chi connectivity index (χ4n) is 3.63. The van der Waals surface area contributed by atoms with Gasteiger partial charge in [0.1, 0.15) is 11.3 Å². The average Bonchev–Trinajstić information content (AvgIpc) is 2.69. The van der Waals surface area contributed by atoms with Crippen molar-refractivity contribution in [3.63, 3.8) is 0 Å². The van der Waals surface area contributed by atoms with Crippen LogP contribution >= 0.6 is 0 Å². The Morgan fingerprint density at radius 2 is 1.96 bits per heavy atom. The third-order valence-electron chi connectivity index (χ3n) is 5.16. The molecule has 6 nitrogen and oxygen atoms in total. The molecular weight excluding hydrogens is 340 g/mol. The van der Waals surface area contributed by atoms with Crippen LogP contribution in [0.5, 0.6) is 5.75 Å². The van der Waals surface area contributed by atoms with E-state index in [0.29, 0.717) is 0 Å². The molecule has 2 aromatic rings. The molecule has 0 atom stereocenters. The number of hydrogen-bond acceptors (Lipinski definition) is 5. The number of likely N-dealkylation sites (tertiary alicyclic amines) is 1. The van der Waals surface area contributed by atoms with E-state index in [1.54, 1.807) is 14.2 Å². The Morgan fingerprint density at radius 3 is 2.63 bits per heavy atom. The first-order chi connectivity index (χ1) is 13.0. The van der Waals surface area contributed by atoms with E-state index in [4.69, 9.17) is 4.74 Å². The molecule has 1 fully saturated rings. The molecule has 0 bridgehead atoms. The number of nitrogens with zero attached hydrogens (tertiary/aromatic N) is 2. The molecule has 2 heterocycles. The summed E-state index contributed by atoms with van der Waals surface area (Å²) in [6, 6.07) is 13.8. The molecule has 0 saturated carbocycles. The first-order valence-electron chi connectivity index (χ1n) is 9.34. The number of aryl methyl sites for hydroxylation is 1. The Hall–Kier alpha value is -2.60. The van der Waals surface area contributed by atoms with Crippen molar-refractivity contribution in [3.05, 3.63) is 53.9 Å². The van der Waals surface area contributed by atoms with Crippen molar-refractivity contribution < 1.29 is 9.53 Å². The van der Waals surface area contributed by atoms with Crippen LogP contribution in [0.4, 0.5) is 5.69 Å². The number of aromatic nitrogens is 1. The van der Waals surface area contributed by atoms with E-state index in [-0.39, 0.29) is 5.91 Å². The highest BCUT2D eigenvalue weighted by atomic mass is 16.5. The highest BCUT2D eigenvalue weighted by molar-refractivity contribution is 5.89. The van der Waals surface area contributed by atoms with E-state index >= 15 is 0 Å². The van der Waals surface area contributed by atoms with Crippen LogP contribution in [0.15, 0.2) is 42.5 Å². The number of pyridine rings is 1. The highest BCUT2D eigenvalue weighted by Crippen LogP contribution is 2.29. The second kappa shape index (κ2) is 8.39. The number of anilines is 1. The summed E-state index contributed by atoms with van der Waals surface area (Å²) in [5, 5.41) is 6.31. The number of carbonyl (C=O) groups excluding carboxylic acids is 1. The second-order valence-electron chi connectivity index (χ2n) is 7.06. The van der Waals surface area contributed by atoms with E-state index in [2.05, 4.69) is 26.6 Å². The van der Waals surface area contributed by atoms with Gasteiger partial charge in [0.15, 0.2) is 0 Å². The van der Waals surface area contributed by atoms with Gasteiger partial charge in [0, 0.05) is 44.1 Å². The van der Waals surface area contributed by atoms with Crippen LogP contribution in [0.1, 0.15) is 24.2 Å². The smallest absolute Gasteiger partial charge is 0.245 e.